The van der Waals surface area contributed by atoms with Gasteiger partial charge >= 0.3 is 0 Å². The Morgan fingerprint density at radius 3 is 2.90 bits per heavy atom. The van der Waals surface area contributed by atoms with Crippen LogP contribution in [0.15, 0.2) is 18.2 Å². The largest absolute Gasteiger partial charge is 0.341 e. The number of nitro benzene ring substituents is 1. The molecule has 1 aromatic rings. The third kappa shape index (κ3) is 3.58. The van der Waals surface area contributed by atoms with Gasteiger partial charge in [-0.3, -0.25) is 14.9 Å². The van der Waals surface area contributed by atoms with Crippen LogP contribution in [0, 0.1) is 23.0 Å². The summed E-state index contributed by atoms with van der Waals surface area (Å²) in [5, 5.41) is 14.5. The lowest BCUT2D eigenvalue weighted by Gasteiger charge is -2.27. The maximum absolute atomic E-state index is 12.5. The number of rotatable bonds is 4. The lowest BCUT2D eigenvalue weighted by atomic mass is 9.98. The molecule has 1 unspecified atom stereocenters. The number of aryl methyl sites for hydroxylation is 1. The first-order chi connectivity index (χ1) is 10.0. The second-order valence-corrected chi connectivity index (χ2v) is 5.63. The van der Waals surface area contributed by atoms with Gasteiger partial charge in [-0.05, 0) is 44.8 Å². The van der Waals surface area contributed by atoms with Crippen LogP contribution < -0.4 is 5.32 Å². The molecule has 1 saturated heterocycles. The van der Waals surface area contributed by atoms with Crippen molar-refractivity contribution >= 4 is 11.6 Å². The molecule has 1 aliphatic rings. The van der Waals surface area contributed by atoms with Crippen LogP contribution >= 0.6 is 0 Å². The lowest BCUT2D eigenvalue weighted by molar-refractivity contribution is -0.385. The molecule has 1 heterocycles. The maximum Gasteiger partial charge on any atom is 0.285 e. The van der Waals surface area contributed by atoms with Crippen LogP contribution in [0.5, 0.6) is 0 Å². The number of carbonyl (C=O) groups is 1. The summed E-state index contributed by atoms with van der Waals surface area (Å²) in [4.78, 5) is 24.8. The normalized spacial score (nSPS) is 18.3. The molecule has 0 bridgehead atoms. The number of hydrogen-bond acceptors (Lipinski definition) is 4. The Bertz CT molecular complexity index is 539. The second-order valence-electron chi connectivity index (χ2n) is 5.63. The molecular weight excluding hydrogens is 270 g/mol. The minimum atomic E-state index is -0.474. The van der Waals surface area contributed by atoms with Crippen molar-refractivity contribution in [1.29, 1.82) is 0 Å². The zero-order valence-corrected chi connectivity index (χ0v) is 12.5. The molecule has 0 radical (unpaired) electrons. The molecule has 1 amide bonds. The Morgan fingerprint density at radius 1 is 1.52 bits per heavy atom. The van der Waals surface area contributed by atoms with E-state index in [4.69, 9.17) is 0 Å². The van der Waals surface area contributed by atoms with E-state index in [9.17, 15) is 14.9 Å². The minimum absolute atomic E-state index is 0.0869. The highest BCUT2D eigenvalue weighted by Crippen LogP contribution is 2.24. The molecule has 2 rings (SSSR count). The van der Waals surface area contributed by atoms with Gasteiger partial charge in [0.15, 0.2) is 0 Å². The first-order valence-corrected chi connectivity index (χ1v) is 7.21. The number of amides is 1. The van der Waals surface area contributed by atoms with Crippen LogP contribution in [0.25, 0.3) is 0 Å². The van der Waals surface area contributed by atoms with E-state index in [2.05, 4.69) is 5.32 Å². The molecule has 0 spiro atoms. The average molecular weight is 291 g/mol. The number of hydrogen-bond donors (Lipinski definition) is 1. The summed E-state index contributed by atoms with van der Waals surface area (Å²) >= 11 is 0. The van der Waals surface area contributed by atoms with Crippen LogP contribution in [0.1, 0.15) is 28.8 Å². The molecule has 114 valence electrons. The van der Waals surface area contributed by atoms with Gasteiger partial charge in [-0.2, -0.15) is 0 Å². The van der Waals surface area contributed by atoms with Gasteiger partial charge in [0.2, 0.25) is 0 Å². The smallest absolute Gasteiger partial charge is 0.285 e. The van der Waals surface area contributed by atoms with E-state index < -0.39 is 4.92 Å². The summed E-state index contributed by atoms with van der Waals surface area (Å²) < 4.78 is 0. The molecular formula is C15H21N3O3. The SMILES string of the molecule is Cc1cccc(C(=O)N(C)CC2CCCNC2)c1[N+](=O)[O-]. The summed E-state index contributed by atoms with van der Waals surface area (Å²) in [5.41, 5.74) is 0.598. The Kier molecular flexibility index (Phi) is 4.90. The van der Waals surface area contributed by atoms with Crippen LogP contribution in [-0.2, 0) is 0 Å². The van der Waals surface area contributed by atoms with Gasteiger partial charge in [0.1, 0.15) is 5.56 Å². The average Bonchev–Trinajstić information content (AvgIpc) is 2.46. The summed E-state index contributed by atoms with van der Waals surface area (Å²) in [5.74, 6) is 0.132. The summed E-state index contributed by atoms with van der Waals surface area (Å²) in [7, 11) is 1.71. The summed E-state index contributed by atoms with van der Waals surface area (Å²) in [6, 6.07) is 4.87. The predicted molar refractivity (Wildman–Crippen MR) is 80.4 cm³/mol. The van der Waals surface area contributed by atoms with Gasteiger partial charge in [-0.15, -0.1) is 0 Å². The van der Waals surface area contributed by atoms with Crippen LogP contribution in [0.3, 0.4) is 0 Å². The molecule has 0 aliphatic carbocycles. The van der Waals surface area contributed by atoms with Crippen LogP contribution in [0.4, 0.5) is 5.69 Å². The molecule has 1 aromatic carbocycles. The highest BCUT2D eigenvalue weighted by atomic mass is 16.6. The number of nitrogens with one attached hydrogen (secondary N) is 1. The van der Waals surface area contributed by atoms with Crippen molar-refractivity contribution in [2.24, 2.45) is 5.92 Å². The van der Waals surface area contributed by atoms with Crippen LogP contribution in [0.2, 0.25) is 0 Å². The third-order valence-electron chi connectivity index (χ3n) is 3.93. The lowest BCUT2D eigenvalue weighted by Crippen LogP contribution is -2.39. The fourth-order valence-electron chi connectivity index (χ4n) is 2.83. The van der Waals surface area contributed by atoms with Gasteiger partial charge in [0.05, 0.1) is 4.92 Å². The molecule has 6 heteroatoms. The van der Waals surface area contributed by atoms with E-state index in [0.717, 1.165) is 25.9 Å². The van der Waals surface area contributed by atoms with Crippen molar-refractivity contribution in [3.8, 4) is 0 Å². The maximum atomic E-state index is 12.5. The number of nitrogens with zero attached hydrogens (tertiary/aromatic N) is 2. The minimum Gasteiger partial charge on any atom is -0.341 e. The van der Waals surface area contributed by atoms with Crippen LogP contribution in [-0.4, -0.2) is 42.4 Å². The van der Waals surface area contributed by atoms with Crippen molar-refractivity contribution in [3.05, 3.63) is 39.4 Å². The fraction of sp³-hybridized carbons (Fsp3) is 0.533. The van der Waals surface area contributed by atoms with Gasteiger partial charge in [-0.1, -0.05) is 12.1 Å². The Morgan fingerprint density at radius 2 is 2.29 bits per heavy atom. The van der Waals surface area contributed by atoms with E-state index in [-0.39, 0.29) is 17.2 Å². The molecule has 1 aliphatic heterocycles. The molecule has 1 N–H and O–H groups in total. The first kappa shape index (κ1) is 15.4. The number of para-hydroxylation sites is 1. The first-order valence-electron chi connectivity index (χ1n) is 7.21. The monoisotopic (exact) mass is 291 g/mol. The zero-order chi connectivity index (χ0) is 15.4. The van der Waals surface area contributed by atoms with Gasteiger partial charge in [-0.25, -0.2) is 0 Å². The van der Waals surface area contributed by atoms with Crippen molar-refractivity contribution in [3.63, 3.8) is 0 Å². The summed E-state index contributed by atoms with van der Waals surface area (Å²) in [6.45, 7) is 4.20. The highest BCUT2D eigenvalue weighted by molar-refractivity contribution is 5.98. The molecule has 0 aromatic heterocycles. The van der Waals surface area contributed by atoms with E-state index >= 15 is 0 Å². The molecule has 1 atom stereocenters. The standard InChI is InChI=1S/C15H21N3O3/c1-11-5-3-7-13(14(11)18(20)21)15(19)17(2)10-12-6-4-8-16-9-12/h3,5,7,12,16H,4,6,8-10H2,1-2H3. The van der Waals surface area contributed by atoms with E-state index in [0.29, 0.717) is 18.0 Å². The predicted octanol–water partition coefficient (Wildman–Crippen LogP) is 1.97. The van der Waals surface area contributed by atoms with Gasteiger partial charge in [0, 0.05) is 19.2 Å². The number of nitro groups is 1. The van der Waals surface area contributed by atoms with Crippen molar-refractivity contribution in [1.82, 2.24) is 10.2 Å². The highest BCUT2D eigenvalue weighted by Gasteiger charge is 2.26. The molecule has 1 fully saturated rings. The fourth-order valence-corrected chi connectivity index (χ4v) is 2.83. The van der Waals surface area contributed by atoms with E-state index in [1.807, 2.05) is 0 Å². The number of benzene rings is 1. The third-order valence-corrected chi connectivity index (χ3v) is 3.93. The van der Waals surface area contributed by atoms with Gasteiger partial charge in [0.25, 0.3) is 11.6 Å². The zero-order valence-electron chi connectivity index (χ0n) is 12.5. The quantitative estimate of drug-likeness (QED) is 0.680. The molecule has 6 nitrogen and oxygen atoms in total. The van der Waals surface area contributed by atoms with E-state index in [1.54, 1.807) is 31.0 Å². The van der Waals surface area contributed by atoms with Crippen molar-refractivity contribution in [2.75, 3.05) is 26.7 Å². The van der Waals surface area contributed by atoms with Crippen molar-refractivity contribution < 1.29 is 9.72 Å². The van der Waals surface area contributed by atoms with E-state index in [1.165, 1.54) is 6.07 Å². The molecule has 21 heavy (non-hydrogen) atoms. The number of carbonyl (C=O) groups excluding carboxylic acids is 1. The Labute approximate surface area is 124 Å². The molecule has 0 saturated carbocycles. The Hall–Kier alpha value is -1.95. The number of piperidine rings is 1. The van der Waals surface area contributed by atoms with Crippen molar-refractivity contribution in [2.45, 2.75) is 19.8 Å². The summed E-state index contributed by atoms with van der Waals surface area (Å²) in [6.07, 6.45) is 2.19. The Balaban J connectivity index is 2.15. The van der Waals surface area contributed by atoms with Gasteiger partial charge < -0.3 is 10.2 Å². The second kappa shape index (κ2) is 6.67. The topological polar surface area (TPSA) is 75.5 Å².